The lowest BCUT2D eigenvalue weighted by Crippen LogP contribution is -2.04. The number of aryl methyl sites for hydroxylation is 1. The van der Waals surface area contributed by atoms with Crippen LogP contribution in [-0.4, -0.2) is 29.9 Å². The summed E-state index contributed by atoms with van der Waals surface area (Å²) in [6.07, 6.45) is 3.95. The Morgan fingerprint density at radius 1 is 1.22 bits per heavy atom. The molecule has 0 heterocycles. The molecule has 0 spiro atoms. The Morgan fingerprint density at radius 2 is 1.96 bits per heavy atom. The van der Waals surface area contributed by atoms with Crippen molar-refractivity contribution in [1.82, 2.24) is 0 Å². The van der Waals surface area contributed by atoms with E-state index in [1.807, 2.05) is 0 Å². The Morgan fingerprint density at radius 3 is 2.63 bits per heavy atom. The van der Waals surface area contributed by atoms with Gasteiger partial charge in [-0.25, -0.2) is 4.79 Å². The van der Waals surface area contributed by atoms with Crippen molar-refractivity contribution in [3.8, 4) is 17.2 Å². The van der Waals surface area contributed by atoms with Crippen LogP contribution in [0, 0.1) is 10.1 Å². The molecule has 0 unspecified atom stereocenters. The fourth-order valence-corrected chi connectivity index (χ4v) is 2.25. The number of hydrogen-bond acceptors (Lipinski definition) is 7. The van der Waals surface area contributed by atoms with Crippen LogP contribution in [0.5, 0.6) is 17.2 Å². The highest BCUT2D eigenvalue weighted by Gasteiger charge is 2.04. The molecule has 2 rings (SSSR count). The number of rotatable bonds is 9. The van der Waals surface area contributed by atoms with Crippen LogP contribution in [0.1, 0.15) is 17.5 Å². The van der Waals surface area contributed by atoms with E-state index in [0.717, 1.165) is 5.56 Å². The Kier molecular flexibility index (Phi) is 7.18. The van der Waals surface area contributed by atoms with Gasteiger partial charge in [0.2, 0.25) is 0 Å². The first-order chi connectivity index (χ1) is 13.0. The average Bonchev–Trinajstić information content (AvgIpc) is 2.65. The molecule has 0 aliphatic rings. The first-order valence-electron chi connectivity index (χ1n) is 8.11. The van der Waals surface area contributed by atoms with Gasteiger partial charge in [0.25, 0.3) is 5.09 Å². The molecule has 0 radical (unpaired) electrons. The highest BCUT2D eigenvalue weighted by molar-refractivity contribution is 5.88. The van der Waals surface area contributed by atoms with Gasteiger partial charge in [-0.05, 0) is 54.3 Å². The van der Waals surface area contributed by atoms with E-state index in [-0.39, 0.29) is 12.4 Å². The van der Waals surface area contributed by atoms with Gasteiger partial charge in [0.15, 0.2) is 11.5 Å². The first-order valence-corrected chi connectivity index (χ1v) is 8.11. The predicted molar refractivity (Wildman–Crippen MR) is 97.0 cm³/mol. The molecule has 0 aromatic heterocycles. The second-order valence-corrected chi connectivity index (χ2v) is 5.49. The molecule has 2 aromatic rings. The van der Waals surface area contributed by atoms with E-state index in [1.54, 1.807) is 42.5 Å². The van der Waals surface area contributed by atoms with Gasteiger partial charge < -0.3 is 19.4 Å². The summed E-state index contributed by atoms with van der Waals surface area (Å²) >= 11 is 0. The van der Waals surface area contributed by atoms with Crippen LogP contribution in [0.3, 0.4) is 0 Å². The molecule has 0 aliphatic carbocycles. The van der Waals surface area contributed by atoms with Crippen molar-refractivity contribution in [3.05, 3.63) is 69.8 Å². The summed E-state index contributed by atoms with van der Waals surface area (Å²) < 4.78 is 10.2. The summed E-state index contributed by atoms with van der Waals surface area (Å²) in [7, 11) is 1.44. The molecule has 0 saturated carbocycles. The van der Waals surface area contributed by atoms with E-state index in [2.05, 4.69) is 4.84 Å². The molecule has 27 heavy (non-hydrogen) atoms. The molecule has 0 fully saturated rings. The number of nitrogens with zero attached hydrogens (tertiary/aromatic N) is 1. The second kappa shape index (κ2) is 9.81. The number of benzene rings is 2. The third kappa shape index (κ3) is 6.69. The van der Waals surface area contributed by atoms with Crippen LogP contribution >= 0.6 is 0 Å². The van der Waals surface area contributed by atoms with E-state index in [9.17, 15) is 20.0 Å². The van der Waals surface area contributed by atoms with Gasteiger partial charge >= 0.3 is 5.97 Å². The van der Waals surface area contributed by atoms with Gasteiger partial charge in [-0.1, -0.05) is 18.2 Å². The van der Waals surface area contributed by atoms with Gasteiger partial charge in [0.1, 0.15) is 5.75 Å². The first kappa shape index (κ1) is 19.8. The summed E-state index contributed by atoms with van der Waals surface area (Å²) in [5.41, 5.74) is 1.63. The third-order valence-corrected chi connectivity index (χ3v) is 3.56. The summed E-state index contributed by atoms with van der Waals surface area (Å²) in [6, 6.07) is 11.6. The zero-order valence-corrected chi connectivity index (χ0v) is 14.7. The normalized spacial score (nSPS) is 10.6. The molecule has 2 aromatic carbocycles. The Labute approximate surface area is 155 Å². The largest absolute Gasteiger partial charge is 0.504 e. The van der Waals surface area contributed by atoms with E-state index < -0.39 is 11.1 Å². The van der Waals surface area contributed by atoms with Crippen molar-refractivity contribution in [3.63, 3.8) is 0 Å². The summed E-state index contributed by atoms with van der Waals surface area (Å²) in [5, 5.41) is 18.8. The molecule has 0 atom stereocenters. The average molecular weight is 373 g/mol. The SMILES string of the molecule is COc1cc(/C=C/C(=O)Oc2ccc(CCCO[N+](=O)[O-])cc2)ccc1O. The van der Waals surface area contributed by atoms with Crippen LogP contribution in [0.25, 0.3) is 6.08 Å². The number of aromatic hydroxyl groups is 1. The minimum absolute atomic E-state index is 0.0160. The molecule has 0 aliphatic heterocycles. The summed E-state index contributed by atoms with van der Waals surface area (Å²) in [5.74, 6) is 0.166. The van der Waals surface area contributed by atoms with Crippen LogP contribution in [0.4, 0.5) is 0 Å². The molecule has 8 heteroatoms. The molecule has 0 bridgehead atoms. The van der Waals surface area contributed by atoms with Crippen molar-refractivity contribution < 1.29 is 29.3 Å². The molecule has 0 amide bonds. The highest BCUT2D eigenvalue weighted by atomic mass is 16.9. The van der Waals surface area contributed by atoms with Gasteiger partial charge in [-0.15, -0.1) is 10.1 Å². The molecule has 142 valence electrons. The number of phenolic OH excluding ortho intramolecular Hbond substituents is 1. The molecular formula is C19H19NO7. The lowest BCUT2D eigenvalue weighted by Gasteiger charge is -2.05. The smallest absolute Gasteiger partial charge is 0.336 e. The van der Waals surface area contributed by atoms with Gasteiger partial charge in [-0.3, -0.25) is 0 Å². The topological polar surface area (TPSA) is 108 Å². The van der Waals surface area contributed by atoms with Crippen molar-refractivity contribution in [1.29, 1.82) is 0 Å². The van der Waals surface area contributed by atoms with E-state index in [1.165, 1.54) is 19.3 Å². The fourth-order valence-electron chi connectivity index (χ4n) is 2.25. The van der Waals surface area contributed by atoms with Crippen LogP contribution in [-0.2, 0) is 16.1 Å². The quantitative estimate of drug-likeness (QED) is 0.180. The van der Waals surface area contributed by atoms with E-state index >= 15 is 0 Å². The Bertz CT molecular complexity index is 815. The van der Waals surface area contributed by atoms with Gasteiger partial charge in [0, 0.05) is 6.08 Å². The van der Waals surface area contributed by atoms with Crippen molar-refractivity contribution >= 4 is 12.0 Å². The third-order valence-electron chi connectivity index (χ3n) is 3.56. The lowest BCUT2D eigenvalue weighted by molar-refractivity contribution is -0.757. The number of carbonyl (C=O) groups is 1. The minimum Gasteiger partial charge on any atom is -0.504 e. The lowest BCUT2D eigenvalue weighted by atomic mass is 10.1. The minimum atomic E-state index is -0.815. The zero-order chi connectivity index (χ0) is 19.6. The fraction of sp³-hybridized carbons (Fsp3) is 0.211. The number of hydrogen-bond donors (Lipinski definition) is 1. The molecule has 0 saturated heterocycles. The summed E-state index contributed by atoms with van der Waals surface area (Å²) in [4.78, 5) is 26.2. The number of carbonyl (C=O) groups excluding carboxylic acids is 1. The van der Waals surface area contributed by atoms with Crippen LogP contribution < -0.4 is 9.47 Å². The van der Waals surface area contributed by atoms with Crippen LogP contribution in [0.15, 0.2) is 48.5 Å². The number of phenols is 1. The van der Waals surface area contributed by atoms with E-state index in [0.29, 0.717) is 29.9 Å². The molecule has 8 nitrogen and oxygen atoms in total. The zero-order valence-electron chi connectivity index (χ0n) is 14.7. The standard InChI is InChI=1S/C19H19NO7/c1-25-18-13-15(6-10-17(18)21)7-11-19(22)27-16-8-4-14(5-9-16)3-2-12-26-20(23)24/h4-11,13,21H,2-3,12H2,1H3/b11-7+. The van der Waals surface area contributed by atoms with Crippen LogP contribution in [0.2, 0.25) is 0 Å². The van der Waals surface area contributed by atoms with Gasteiger partial charge in [0.05, 0.1) is 13.7 Å². The monoisotopic (exact) mass is 373 g/mol. The maximum Gasteiger partial charge on any atom is 0.336 e. The summed E-state index contributed by atoms with van der Waals surface area (Å²) in [6.45, 7) is 0.0383. The Balaban J connectivity index is 1.85. The molecule has 1 N–H and O–H groups in total. The number of methoxy groups -OCH3 is 1. The predicted octanol–water partition coefficient (Wildman–Crippen LogP) is 3.16. The maximum atomic E-state index is 11.9. The van der Waals surface area contributed by atoms with Crippen molar-refractivity contribution in [2.24, 2.45) is 0 Å². The van der Waals surface area contributed by atoms with Crippen molar-refractivity contribution in [2.75, 3.05) is 13.7 Å². The maximum absolute atomic E-state index is 11.9. The second-order valence-electron chi connectivity index (χ2n) is 5.49. The number of esters is 1. The highest BCUT2D eigenvalue weighted by Crippen LogP contribution is 2.26. The van der Waals surface area contributed by atoms with E-state index in [4.69, 9.17) is 9.47 Å². The van der Waals surface area contributed by atoms with Gasteiger partial charge in [-0.2, -0.15) is 0 Å². The van der Waals surface area contributed by atoms with Crippen molar-refractivity contribution in [2.45, 2.75) is 12.8 Å². The Hall–Kier alpha value is -3.55. The number of ether oxygens (including phenoxy) is 2. The molecular weight excluding hydrogens is 354 g/mol.